The Labute approximate surface area is 140 Å². The maximum absolute atomic E-state index is 12.3. The maximum Gasteiger partial charge on any atom is 0.274 e. The molecule has 0 aliphatic carbocycles. The molecule has 0 spiro atoms. The van der Waals surface area contributed by atoms with Crippen LogP contribution in [0.25, 0.3) is 0 Å². The van der Waals surface area contributed by atoms with Crippen molar-refractivity contribution in [3.05, 3.63) is 59.2 Å². The van der Waals surface area contributed by atoms with Crippen molar-refractivity contribution in [1.29, 1.82) is 0 Å². The normalized spacial score (nSPS) is 15.7. The maximum atomic E-state index is 12.3. The van der Waals surface area contributed by atoms with Crippen molar-refractivity contribution >= 4 is 21.4 Å². The van der Waals surface area contributed by atoms with Crippen molar-refractivity contribution in [2.24, 2.45) is 0 Å². The number of nitrogens with zero attached hydrogens (tertiary/aromatic N) is 1. The van der Waals surface area contributed by atoms with Crippen molar-refractivity contribution in [3.63, 3.8) is 0 Å². The molecule has 0 aromatic heterocycles. The second-order valence-electron chi connectivity index (χ2n) is 5.85. The summed E-state index contributed by atoms with van der Waals surface area (Å²) in [6, 6.07) is 12.3. The summed E-state index contributed by atoms with van der Waals surface area (Å²) in [6.07, 6.45) is 0. The largest absolute Gasteiger partial charge is 0.365 e. The van der Waals surface area contributed by atoms with Gasteiger partial charge in [-0.05, 0) is 30.7 Å². The van der Waals surface area contributed by atoms with Crippen LogP contribution in [0.2, 0.25) is 0 Å². The zero-order valence-corrected chi connectivity index (χ0v) is 14.0. The van der Waals surface area contributed by atoms with E-state index in [1.165, 1.54) is 18.2 Å². The lowest BCUT2D eigenvalue weighted by atomic mass is 10.1. The van der Waals surface area contributed by atoms with Crippen LogP contribution in [-0.2, 0) is 16.4 Å². The molecule has 0 atom stereocenters. The van der Waals surface area contributed by atoms with Crippen LogP contribution in [0.4, 0.5) is 5.69 Å². The second-order valence-corrected chi connectivity index (χ2v) is 7.93. The number of benzene rings is 2. The van der Waals surface area contributed by atoms with E-state index in [1.54, 1.807) is 5.48 Å². The number of nitrogens with one attached hydrogen (secondary N) is 1. The third kappa shape index (κ3) is 3.13. The number of anilines is 1. The van der Waals surface area contributed by atoms with E-state index in [0.717, 1.165) is 11.1 Å². The highest BCUT2D eigenvalue weighted by Gasteiger charge is 2.29. The third-order valence-corrected chi connectivity index (χ3v) is 5.82. The first kappa shape index (κ1) is 16.5. The molecule has 2 N–H and O–H groups in total. The Bertz CT molecular complexity index is 893. The minimum absolute atomic E-state index is 0.0390. The van der Waals surface area contributed by atoms with E-state index >= 15 is 0 Å². The Kier molecular flexibility index (Phi) is 4.29. The molecule has 0 bridgehead atoms. The van der Waals surface area contributed by atoms with E-state index < -0.39 is 15.7 Å². The molecular formula is C17H18N2O4S. The topological polar surface area (TPSA) is 86.7 Å². The zero-order valence-electron chi connectivity index (χ0n) is 13.2. The van der Waals surface area contributed by atoms with E-state index in [-0.39, 0.29) is 16.2 Å². The molecule has 1 aliphatic heterocycles. The summed E-state index contributed by atoms with van der Waals surface area (Å²) in [5, 5.41) is 8.80. The Morgan fingerprint density at radius 2 is 2.04 bits per heavy atom. The van der Waals surface area contributed by atoms with E-state index in [4.69, 9.17) is 5.21 Å². The van der Waals surface area contributed by atoms with Crippen LogP contribution in [0.1, 0.15) is 21.5 Å². The fourth-order valence-corrected chi connectivity index (χ4v) is 4.35. The summed E-state index contributed by atoms with van der Waals surface area (Å²) < 4.78 is 24.6. The van der Waals surface area contributed by atoms with Gasteiger partial charge < -0.3 is 4.90 Å². The molecule has 0 saturated heterocycles. The van der Waals surface area contributed by atoms with Gasteiger partial charge >= 0.3 is 0 Å². The van der Waals surface area contributed by atoms with Crippen LogP contribution in [0.5, 0.6) is 0 Å². The van der Waals surface area contributed by atoms with Crippen LogP contribution < -0.4 is 10.4 Å². The lowest BCUT2D eigenvalue weighted by molar-refractivity contribution is 0.0706. The first-order chi connectivity index (χ1) is 11.4. The lowest BCUT2D eigenvalue weighted by Gasteiger charge is -2.31. The molecule has 24 heavy (non-hydrogen) atoms. The molecule has 0 fully saturated rings. The predicted molar refractivity (Wildman–Crippen MR) is 90.0 cm³/mol. The quantitative estimate of drug-likeness (QED) is 0.655. The predicted octanol–water partition coefficient (Wildman–Crippen LogP) is 1.91. The molecule has 6 nitrogen and oxygen atoms in total. The molecule has 0 radical (unpaired) electrons. The first-order valence-electron chi connectivity index (χ1n) is 7.52. The van der Waals surface area contributed by atoms with Crippen LogP contribution >= 0.6 is 0 Å². The van der Waals surface area contributed by atoms with Crippen molar-refractivity contribution in [2.45, 2.75) is 18.4 Å². The average molecular weight is 346 g/mol. The Morgan fingerprint density at radius 1 is 1.25 bits per heavy atom. The Morgan fingerprint density at radius 3 is 2.75 bits per heavy atom. The van der Waals surface area contributed by atoms with Gasteiger partial charge in [0, 0.05) is 18.7 Å². The fraction of sp³-hybridized carbons (Fsp3) is 0.235. The van der Waals surface area contributed by atoms with Gasteiger partial charge in [-0.25, -0.2) is 13.9 Å². The highest BCUT2D eigenvalue weighted by atomic mass is 32.2. The summed E-state index contributed by atoms with van der Waals surface area (Å²) in [5.41, 5.74) is 4.47. The zero-order chi connectivity index (χ0) is 17.3. The van der Waals surface area contributed by atoms with Gasteiger partial charge in [-0.15, -0.1) is 0 Å². The van der Waals surface area contributed by atoms with Crippen LogP contribution in [0, 0.1) is 6.92 Å². The molecule has 2 aromatic carbocycles. The van der Waals surface area contributed by atoms with Gasteiger partial charge in [0.1, 0.15) is 0 Å². The van der Waals surface area contributed by atoms with Crippen molar-refractivity contribution in [1.82, 2.24) is 5.48 Å². The summed E-state index contributed by atoms with van der Waals surface area (Å²) in [6.45, 7) is 2.91. The van der Waals surface area contributed by atoms with Crippen molar-refractivity contribution in [3.8, 4) is 0 Å². The number of hydrogen-bond acceptors (Lipinski definition) is 5. The average Bonchev–Trinajstić information content (AvgIpc) is 2.56. The molecule has 0 saturated carbocycles. The number of aryl methyl sites for hydroxylation is 1. The van der Waals surface area contributed by atoms with Gasteiger partial charge in [0.15, 0.2) is 9.84 Å². The van der Waals surface area contributed by atoms with Gasteiger partial charge in [0.2, 0.25) is 0 Å². The van der Waals surface area contributed by atoms with E-state index in [0.29, 0.717) is 18.8 Å². The SMILES string of the molecule is Cc1cccc(CN2CCS(=O)(=O)c3ccc(C(=O)NO)cc32)c1. The van der Waals surface area contributed by atoms with Crippen molar-refractivity contribution < 1.29 is 18.4 Å². The summed E-state index contributed by atoms with van der Waals surface area (Å²) in [7, 11) is -3.36. The summed E-state index contributed by atoms with van der Waals surface area (Å²) >= 11 is 0. The van der Waals surface area contributed by atoms with Crippen molar-refractivity contribution in [2.75, 3.05) is 17.2 Å². The third-order valence-electron chi connectivity index (χ3n) is 4.08. The van der Waals surface area contributed by atoms with Gasteiger partial charge in [-0.1, -0.05) is 29.8 Å². The molecular weight excluding hydrogens is 328 g/mol. The minimum atomic E-state index is -3.36. The Balaban J connectivity index is 2.03. The molecule has 3 rings (SSSR count). The fourth-order valence-electron chi connectivity index (χ4n) is 2.89. The van der Waals surface area contributed by atoms with Crippen LogP contribution in [0.15, 0.2) is 47.4 Å². The molecule has 1 heterocycles. The number of amides is 1. The van der Waals surface area contributed by atoms with Crippen LogP contribution in [0.3, 0.4) is 0 Å². The number of carbonyl (C=O) groups is 1. The van der Waals surface area contributed by atoms with E-state index in [1.807, 2.05) is 36.1 Å². The lowest BCUT2D eigenvalue weighted by Crippen LogP contribution is -2.35. The van der Waals surface area contributed by atoms with Gasteiger partial charge in [-0.2, -0.15) is 0 Å². The number of sulfone groups is 1. The minimum Gasteiger partial charge on any atom is -0.365 e. The second kappa shape index (κ2) is 6.26. The van der Waals surface area contributed by atoms with Crippen LogP contribution in [-0.4, -0.2) is 31.8 Å². The highest BCUT2D eigenvalue weighted by Crippen LogP contribution is 2.32. The Hall–Kier alpha value is -2.38. The summed E-state index contributed by atoms with van der Waals surface area (Å²) in [5.74, 6) is -0.631. The van der Waals surface area contributed by atoms with E-state index in [9.17, 15) is 13.2 Å². The molecule has 2 aromatic rings. The highest BCUT2D eigenvalue weighted by molar-refractivity contribution is 7.91. The molecule has 7 heteroatoms. The number of rotatable bonds is 3. The molecule has 1 aliphatic rings. The molecule has 0 unspecified atom stereocenters. The van der Waals surface area contributed by atoms with Gasteiger partial charge in [0.05, 0.1) is 16.3 Å². The smallest absolute Gasteiger partial charge is 0.274 e. The molecule has 1 amide bonds. The number of hydroxylamine groups is 1. The number of hydrogen-bond donors (Lipinski definition) is 2. The number of fused-ring (bicyclic) bond motifs is 1. The van der Waals surface area contributed by atoms with Gasteiger partial charge in [-0.3, -0.25) is 10.0 Å². The number of carbonyl (C=O) groups excluding carboxylic acids is 1. The summed E-state index contributed by atoms with van der Waals surface area (Å²) in [4.78, 5) is 13.8. The standard InChI is InChI=1S/C17H18N2O4S/c1-12-3-2-4-13(9-12)11-19-7-8-24(22,23)16-6-5-14(10-15(16)19)17(20)18-21/h2-6,9-10,21H,7-8,11H2,1H3,(H,18,20). The monoisotopic (exact) mass is 346 g/mol. The molecule has 126 valence electrons. The van der Waals surface area contributed by atoms with Gasteiger partial charge in [0.25, 0.3) is 5.91 Å². The van der Waals surface area contributed by atoms with E-state index in [2.05, 4.69) is 0 Å². The first-order valence-corrected chi connectivity index (χ1v) is 9.18.